The monoisotopic (exact) mass is 254 g/mol. The van der Waals surface area contributed by atoms with Crippen LogP contribution in [0.25, 0.3) is 0 Å². The van der Waals surface area contributed by atoms with Crippen LogP contribution in [0.4, 0.5) is 5.69 Å². The van der Waals surface area contributed by atoms with Gasteiger partial charge in [0.1, 0.15) is 5.69 Å². The second kappa shape index (κ2) is 6.39. The Bertz CT molecular complexity index is 401. The van der Waals surface area contributed by atoms with Crippen LogP contribution in [-0.2, 0) is 11.3 Å². The molecule has 0 aliphatic rings. The number of aryl methyl sites for hydroxylation is 1. The van der Waals surface area contributed by atoms with Gasteiger partial charge in [-0.1, -0.05) is 0 Å². The fourth-order valence-electron chi connectivity index (χ4n) is 1.58. The van der Waals surface area contributed by atoms with Gasteiger partial charge in [0.05, 0.1) is 24.6 Å². The molecule has 0 unspecified atom stereocenters. The number of aromatic nitrogens is 2. The number of nitrogen functional groups attached to an aromatic ring is 1. The smallest absolute Gasteiger partial charge is 0.274 e. The Morgan fingerprint density at radius 2 is 2.28 bits per heavy atom. The van der Waals surface area contributed by atoms with E-state index in [9.17, 15) is 4.79 Å². The molecule has 0 saturated carbocycles. The molecule has 18 heavy (non-hydrogen) atoms. The van der Waals surface area contributed by atoms with Crippen molar-refractivity contribution >= 4 is 11.6 Å². The molecule has 2 N–H and O–H groups in total. The van der Waals surface area contributed by atoms with Crippen LogP contribution in [0.2, 0.25) is 0 Å². The van der Waals surface area contributed by atoms with E-state index < -0.39 is 0 Å². The van der Waals surface area contributed by atoms with E-state index in [0.29, 0.717) is 31.1 Å². The summed E-state index contributed by atoms with van der Waals surface area (Å²) in [5.41, 5.74) is 6.63. The van der Waals surface area contributed by atoms with Gasteiger partial charge in [-0.05, 0) is 20.8 Å². The van der Waals surface area contributed by atoms with Crippen molar-refractivity contribution < 1.29 is 9.53 Å². The minimum atomic E-state index is -0.126. The molecule has 1 aromatic rings. The van der Waals surface area contributed by atoms with Crippen LogP contribution >= 0.6 is 0 Å². The minimum absolute atomic E-state index is 0.126. The predicted octanol–water partition coefficient (Wildman–Crippen LogP) is 0.982. The van der Waals surface area contributed by atoms with Crippen molar-refractivity contribution in [2.45, 2.75) is 33.4 Å². The Morgan fingerprint density at radius 1 is 1.61 bits per heavy atom. The molecule has 1 heterocycles. The van der Waals surface area contributed by atoms with E-state index in [2.05, 4.69) is 5.10 Å². The van der Waals surface area contributed by atoms with E-state index in [4.69, 9.17) is 10.5 Å². The highest BCUT2D eigenvalue weighted by Crippen LogP contribution is 2.13. The molecule has 1 amide bonds. The van der Waals surface area contributed by atoms with Gasteiger partial charge in [0.2, 0.25) is 0 Å². The van der Waals surface area contributed by atoms with E-state index >= 15 is 0 Å². The fourth-order valence-corrected chi connectivity index (χ4v) is 1.58. The molecular formula is C12H22N4O2. The normalized spacial score (nSPS) is 10.9. The lowest BCUT2D eigenvalue weighted by Crippen LogP contribution is -2.32. The number of nitrogens with zero attached hydrogens (tertiary/aromatic N) is 3. The summed E-state index contributed by atoms with van der Waals surface area (Å²) in [5.74, 6) is -0.126. The van der Waals surface area contributed by atoms with E-state index in [0.717, 1.165) is 0 Å². The average molecular weight is 254 g/mol. The van der Waals surface area contributed by atoms with Crippen LogP contribution in [0.15, 0.2) is 6.20 Å². The quantitative estimate of drug-likeness (QED) is 0.821. The van der Waals surface area contributed by atoms with Gasteiger partial charge < -0.3 is 15.4 Å². The summed E-state index contributed by atoms with van der Waals surface area (Å²) in [6, 6.07) is 0. The van der Waals surface area contributed by atoms with Gasteiger partial charge >= 0.3 is 0 Å². The SMILES string of the molecule is CCn1ncc(N)c1C(=O)N(C)CCOC(C)C. The highest BCUT2D eigenvalue weighted by Gasteiger charge is 2.19. The Kier molecular flexibility index (Phi) is 5.15. The van der Waals surface area contributed by atoms with Gasteiger partial charge in [0, 0.05) is 20.1 Å². The number of amides is 1. The van der Waals surface area contributed by atoms with E-state index in [1.54, 1.807) is 16.6 Å². The number of carbonyl (C=O) groups is 1. The zero-order valence-corrected chi connectivity index (χ0v) is 11.5. The number of hydrogen-bond acceptors (Lipinski definition) is 4. The lowest BCUT2D eigenvalue weighted by Gasteiger charge is -2.18. The second-order valence-electron chi connectivity index (χ2n) is 4.41. The van der Waals surface area contributed by atoms with E-state index in [1.807, 2.05) is 20.8 Å². The first kappa shape index (κ1) is 14.5. The Morgan fingerprint density at radius 3 is 2.83 bits per heavy atom. The summed E-state index contributed by atoms with van der Waals surface area (Å²) in [7, 11) is 1.73. The summed E-state index contributed by atoms with van der Waals surface area (Å²) in [6.07, 6.45) is 1.68. The van der Waals surface area contributed by atoms with Gasteiger partial charge in [0.15, 0.2) is 0 Å². The van der Waals surface area contributed by atoms with Crippen LogP contribution in [0, 0.1) is 0 Å². The molecule has 0 aromatic carbocycles. The van der Waals surface area contributed by atoms with Gasteiger partial charge in [-0.15, -0.1) is 0 Å². The first-order valence-electron chi connectivity index (χ1n) is 6.15. The van der Waals surface area contributed by atoms with Gasteiger partial charge in [0.25, 0.3) is 5.91 Å². The van der Waals surface area contributed by atoms with E-state index in [-0.39, 0.29) is 12.0 Å². The number of rotatable bonds is 6. The number of ether oxygens (including phenoxy) is 1. The van der Waals surface area contributed by atoms with Crippen LogP contribution in [0.5, 0.6) is 0 Å². The minimum Gasteiger partial charge on any atom is -0.396 e. The third-order valence-electron chi connectivity index (χ3n) is 2.59. The van der Waals surface area contributed by atoms with Crippen LogP contribution in [-0.4, -0.2) is 46.9 Å². The summed E-state index contributed by atoms with van der Waals surface area (Å²) < 4.78 is 7.03. The van der Waals surface area contributed by atoms with Crippen molar-refractivity contribution in [3.8, 4) is 0 Å². The Hall–Kier alpha value is -1.56. The van der Waals surface area contributed by atoms with Gasteiger partial charge in [-0.3, -0.25) is 9.48 Å². The molecule has 102 valence electrons. The van der Waals surface area contributed by atoms with Crippen LogP contribution in [0.1, 0.15) is 31.3 Å². The first-order chi connectivity index (χ1) is 8.47. The number of carbonyl (C=O) groups excluding carboxylic acids is 1. The molecule has 0 atom stereocenters. The molecule has 1 aromatic heterocycles. The second-order valence-corrected chi connectivity index (χ2v) is 4.41. The van der Waals surface area contributed by atoms with Gasteiger partial charge in [-0.2, -0.15) is 5.10 Å². The first-order valence-corrected chi connectivity index (χ1v) is 6.15. The molecule has 1 rings (SSSR count). The Labute approximate surface area is 108 Å². The van der Waals surface area contributed by atoms with E-state index in [1.165, 1.54) is 6.20 Å². The maximum atomic E-state index is 12.2. The standard InChI is InChI=1S/C12H22N4O2/c1-5-16-11(10(13)8-14-16)12(17)15(4)6-7-18-9(2)3/h8-9H,5-7,13H2,1-4H3. The number of anilines is 1. The molecule has 0 aliphatic carbocycles. The molecule has 0 radical (unpaired) electrons. The molecule has 6 heteroatoms. The van der Waals surface area contributed by atoms with Crippen molar-refractivity contribution in [1.82, 2.24) is 14.7 Å². The Balaban J connectivity index is 2.65. The zero-order chi connectivity index (χ0) is 13.7. The lowest BCUT2D eigenvalue weighted by atomic mass is 10.3. The molecule has 0 spiro atoms. The summed E-state index contributed by atoms with van der Waals surface area (Å²) >= 11 is 0. The molecular weight excluding hydrogens is 232 g/mol. The number of nitrogens with two attached hydrogens (primary N) is 1. The maximum absolute atomic E-state index is 12.2. The molecule has 6 nitrogen and oxygen atoms in total. The molecule has 0 aliphatic heterocycles. The van der Waals surface area contributed by atoms with Gasteiger partial charge in [-0.25, -0.2) is 0 Å². The maximum Gasteiger partial charge on any atom is 0.274 e. The fraction of sp³-hybridized carbons (Fsp3) is 0.667. The zero-order valence-electron chi connectivity index (χ0n) is 11.5. The van der Waals surface area contributed by atoms with Crippen molar-refractivity contribution in [2.24, 2.45) is 0 Å². The van der Waals surface area contributed by atoms with Crippen molar-refractivity contribution in [3.63, 3.8) is 0 Å². The third-order valence-corrected chi connectivity index (χ3v) is 2.59. The molecule has 0 fully saturated rings. The average Bonchev–Trinajstić information content (AvgIpc) is 2.68. The van der Waals surface area contributed by atoms with Crippen molar-refractivity contribution in [1.29, 1.82) is 0 Å². The molecule has 0 bridgehead atoms. The van der Waals surface area contributed by atoms with Crippen molar-refractivity contribution in [2.75, 3.05) is 25.9 Å². The topological polar surface area (TPSA) is 73.4 Å². The lowest BCUT2D eigenvalue weighted by molar-refractivity contribution is 0.0526. The third kappa shape index (κ3) is 3.46. The summed E-state index contributed by atoms with van der Waals surface area (Å²) in [6.45, 7) is 7.52. The molecule has 0 saturated heterocycles. The number of hydrogen-bond donors (Lipinski definition) is 1. The van der Waals surface area contributed by atoms with Crippen LogP contribution in [0.3, 0.4) is 0 Å². The highest BCUT2D eigenvalue weighted by atomic mass is 16.5. The predicted molar refractivity (Wildman–Crippen MR) is 70.4 cm³/mol. The number of likely N-dealkylation sites (N-methyl/N-ethyl adjacent to an activating group) is 1. The highest BCUT2D eigenvalue weighted by molar-refractivity contribution is 5.97. The van der Waals surface area contributed by atoms with Crippen molar-refractivity contribution in [3.05, 3.63) is 11.9 Å². The van der Waals surface area contributed by atoms with Crippen LogP contribution < -0.4 is 5.73 Å². The summed E-state index contributed by atoms with van der Waals surface area (Å²) in [4.78, 5) is 13.8. The summed E-state index contributed by atoms with van der Waals surface area (Å²) in [5, 5.41) is 4.06. The largest absolute Gasteiger partial charge is 0.396 e.